The summed E-state index contributed by atoms with van der Waals surface area (Å²) in [5.41, 5.74) is 3.49. The lowest BCUT2D eigenvalue weighted by molar-refractivity contribution is -0.128. The number of fused-ring (bicyclic) bond motifs is 1. The fourth-order valence-electron chi connectivity index (χ4n) is 3.13. The summed E-state index contributed by atoms with van der Waals surface area (Å²) in [5.74, 6) is 0.928. The van der Waals surface area contributed by atoms with Crippen molar-refractivity contribution in [3.63, 3.8) is 0 Å². The summed E-state index contributed by atoms with van der Waals surface area (Å²) in [7, 11) is 1.67. The number of hydrogen-bond acceptors (Lipinski definition) is 6. The van der Waals surface area contributed by atoms with Gasteiger partial charge in [-0.25, -0.2) is 4.99 Å². The van der Waals surface area contributed by atoms with Crippen molar-refractivity contribution in [3.8, 4) is 11.5 Å². The van der Waals surface area contributed by atoms with E-state index in [0.717, 1.165) is 16.8 Å². The molecule has 2 aromatic rings. The number of nitrogens with zero attached hydrogens (tertiary/aromatic N) is 2. The average Bonchev–Trinajstić information content (AvgIpc) is 3.15. The first-order valence-corrected chi connectivity index (χ1v) is 10.1. The molecule has 29 heavy (non-hydrogen) atoms. The highest BCUT2D eigenvalue weighted by Gasteiger charge is 2.34. The van der Waals surface area contributed by atoms with Crippen LogP contribution in [0.1, 0.15) is 17.5 Å². The molecule has 0 saturated carbocycles. The lowest BCUT2D eigenvalue weighted by Gasteiger charge is -2.29. The predicted octanol–water partition coefficient (Wildman–Crippen LogP) is 3.62. The Morgan fingerprint density at radius 2 is 1.97 bits per heavy atom. The second-order valence-corrected chi connectivity index (χ2v) is 8.17. The van der Waals surface area contributed by atoms with Crippen LogP contribution in [-0.4, -0.2) is 41.0 Å². The molecule has 0 spiro atoms. The van der Waals surface area contributed by atoms with Crippen molar-refractivity contribution in [2.75, 3.05) is 19.2 Å². The maximum absolute atomic E-state index is 12.8. The number of amidine groups is 1. The molecule has 1 N–H and O–H groups in total. The zero-order valence-electron chi connectivity index (χ0n) is 16.4. The summed E-state index contributed by atoms with van der Waals surface area (Å²) >= 11 is 1.28. The number of aryl methyl sites for hydroxylation is 2. The number of aliphatic imine (C=N–C) groups is 1. The van der Waals surface area contributed by atoms with Gasteiger partial charge >= 0.3 is 0 Å². The minimum Gasteiger partial charge on any atom is -0.454 e. The fourth-order valence-corrected chi connectivity index (χ4v) is 4.19. The van der Waals surface area contributed by atoms with Gasteiger partial charge in [0, 0.05) is 25.2 Å². The highest BCUT2D eigenvalue weighted by atomic mass is 32.2. The van der Waals surface area contributed by atoms with Gasteiger partial charge in [-0.1, -0.05) is 29.5 Å². The van der Waals surface area contributed by atoms with E-state index in [-0.39, 0.29) is 25.0 Å². The number of benzene rings is 2. The van der Waals surface area contributed by atoms with Gasteiger partial charge in [0.15, 0.2) is 16.7 Å². The van der Waals surface area contributed by atoms with Crippen molar-refractivity contribution in [3.05, 3.63) is 47.5 Å². The number of thioether (sulfide) groups is 1. The summed E-state index contributed by atoms with van der Waals surface area (Å²) in [6, 6.07) is 11.2. The number of rotatable bonds is 3. The topological polar surface area (TPSA) is 80.2 Å². The van der Waals surface area contributed by atoms with Crippen molar-refractivity contribution in [1.29, 1.82) is 0 Å². The fraction of sp³-hybridized carbons (Fsp3) is 0.286. The Kier molecular flexibility index (Phi) is 5.19. The second-order valence-electron chi connectivity index (χ2n) is 7.00. The van der Waals surface area contributed by atoms with E-state index in [1.54, 1.807) is 25.2 Å². The molecule has 8 heteroatoms. The van der Waals surface area contributed by atoms with Gasteiger partial charge in [-0.2, -0.15) is 0 Å². The molecule has 1 fully saturated rings. The average molecular weight is 411 g/mol. The van der Waals surface area contributed by atoms with Gasteiger partial charge in [0.1, 0.15) is 5.25 Å². The number of ether oxygens (including phenoxy) is 2. The number of anilines is 1. The summed E-state index contributed by atoms with van der Waals surface area (Å²) in [4.78, 5) is 31.3. The van der Waals surface area contributed by atoms with Gasteiger partial charge in [0.25, 0.3) is 0 Å². The summed E-state index contributed by atoms with van der Waals surface area (Å²) in [6.45, 7) is 4.13. The molecule has 2 amide bonds. The molecule has 7 nitrogen and oxygen atoms in total. The Bertz CT molecular complexity index is 1020. The monoisotopic (exact) mass is 411 g/mol. The van der Waals surface area contributed by atoms with Crippen LogP contribution in [0.5, 0.6) is 11.5 Å². The van der Waals surface area contributed by atoms with E-state index in [1.165, 1.54) is 16.7 Å². The minimum atomic E-state index is -0.549. The Morgan fingerprint density at radius 3 is 2.76 bits per heavy atom. The Morgan fingerprint density at radius 1 is 1.17 bits per heavy atom. The van der Waals surface area contributed by atoms with Crippen LogP contribution in [0.2, 0.25) is 0 Å². The largest absolute Gasteiger partial charge is 0.454 e. The Balaban J connectivity index is 1.53. The van der Waals surface area contributed by atoms with E-state index < -0.39 is 5.25 Å². The maximum atomic E-state index is 12.8. The SMILES string of the molecule is Cc1ccc(NC(=O)C2CC(=O)N(C)C(=Nc3ccc4c(c3)OCO4)S2)c(C)c1. The van der Waals surface area contributed by atoms with Crippen LogP contribution in [0.25, 0.3) is 0 Å². The van der Waals surface area contributed by atoms with Gasteiger partial charge in [-0.3, -0.25) is 14.5 Å². The smallest absolute Gasteiger partial charge is 0.238 e. The molecular weight excluding hydrogens is 390 g/mol. The van der Waals surface area contributed by atoms with Crippen LogP contribution >= 0.6 is 11.8 Å². The van der Waals surface area contributed by atoms with E-state index in [9.17, 15) is 9.59 Å². The lowest BCUT2D eigenvalue weighted by Crippen LogP contribution is -2.43. The molecule has 2 aliphatic heterocycles. The van der Waals surface area contributed by atoms with E-state index in [1.807, 2.05) is 32.0 Å². The molecule has 2 aliphatic rings. The molecule has 0 aromatic heterocycles. The van der Waals surface area contributed by atoms with Gasteiger partial charge in [-0.15, -0.1) is 0 Å². The zero-order valence-corrected chi connectivity index (χ0v) is 17.2. The normalized spacial score (nSPS) is 19.6. The Labute approximate surface area is 173 Å². The molecule has 0 bridgehead atoms. The molecule has 1 unspecified atom stereocenters. The van der Waals surface area contributed by atoms with Gasteiger partial charge in [0.2, 0.25) is 18.6 Å². The third kappa shape index (κ3) is 4.07. The minimum absolute atomic E-state index is 0.123. The van der Waals surface area contributed by atoms with Crippen LogP contribution in [0.3, 0.4) is 0 Å². The number of hydrogen-bond donors (Lipinski definition) is 1. The number of carbonyl (C=O) groups is 2. The van der Waals surface area contributed by atoms with Crippen LogP contribution in [0.4, 0.5) is 11.4 Å². The van der Waals surface area contributed by atoms with E-state index >= 15 is 0 Å². The third-order valence-corrected chi connectivity index (χ3v) is 6.02. The summed E-state index contributed by atoms with van der Waals surface area (Å²) in [6.07, 6.45) is 0.123. The number of amides is 2. The van der Waals surface area contributed by atoms with Crippen LogP contribution in [0, 0.1) is 13.8 Å². The van der Waals surface area contributed by atoms with Crippen molar-refractivity contribution < 1.29 is 19.1 Å². The van der Waals surface area contributed by atoms with Gasteiger partial charge < -0.3 is 14.8 Å². The molecule has 4 rings (SSSR count). The first kappa shape index (κ1) is 19.3. The van der Waals surface area contributed by atoms with E-state index in [4.69, 9.17) is 9.47 Å². The third-order valence-electron chi connectivity index (χ3n) is 4.78. The summed E-state index contributed by atoms with van der Waals surface area (Å²) in [5, 5.41) is 2.86. The van der Waals surface area contributed by atoms with E-state index in [0.29, 0.717) is 22.4 Å². The first-order valence-electron chi connectivity index (χ1n) is 9.20. The second kappa shape index (κ2) is 7.79. The standard InChI is InChI=1S/C21H21N3O4S/c1-12-4-6-15(13(2)8-12)23-20(26)18-10-19(25)24(3)21(29-18)22-14-5-7-16-17(9-14)28-11-27-16/h4-9,18H,10-11H2,1-3H3,(H,23,26). The molecule has 150 valence electrons. The van der Waals surface area contributed by atoms with Crippen LogP contribution < -0.4 is 14.8 Å². The Hall–Kier alpha value is -3.00. The number of nitrogens with one attached hydrogen (secondary N) is 1. The van der Waals surface area contributed by atoms with Gasteiger partial charge in [-0.05, 0) is 37.6 Å². The molecular formula is C21H21N3O4S. The predicted molar refractivity (Wildman–Crippen MR) is 113 cm³/mol. The lowest BCUT2D eigenvalue weighted by atomic mass is 10.1. The molecule has 1 atom stereocenters. The summed E-state index contributed by atoms with van der Waals surface area (Å²) < 4.78 is 10.7. The van der Waals surface area contributed by atoms with Crippen LogP contribution in [-0.2, 0) is 9.59 Å². The highest BCUT2D eigenvalue weighted by Crippen LogP contribution is 2.36. The van der Waals surface area contributed by atoms with E-state index in [2.05, 4.69) is 10.3 Å². The molecule has 2 heterocycles. The van der Waals surface area contributed by atoms with Crippen molar-refractivity contribution in [1.82, 2.24) is 4.90 Å². The first-order chi connectivity index (χ1) is 13.9. The quantitative estimate of drug-likeness (QED) is 0.834. The zero-order chi connectivity index (χ0) is 20.5. The molecule has 0 radical (unpaired) electrons. The maximum Gasteiger partial charge on any atom is 0.238 e. The van der Waals surface area contributed by atoms with Gasteiger partial charge in [0.05, 0.1) is 5.69 Å². The molecule has 0 aliphatic carbocycles. The van der Waals surface area contributed by atoms with Crippen molar-refractivity contribution in [2.24, 2.45) is 4.99 Å². The van der Waals surface area contributed by atoms with Crippen molar-refractivity contribution in [2.45, 2.75) is 25.5 Å². The number of carbonyl (C=O) groups excluding carboxylic acids is 2. The van der Waals surface area contributed by atoms with Crippen molar-refractivity contribution >= 4 is 40.1 Å². The van der Waals surface area contributed by atoms with Crippen LogP contribution in [0.15, 0.2) is 41.4 Å². The molecule has 2 aromatic carbocycles. The molecule has 1 saturated heterocycles. The highest BCUT2D eigenvalue weighted by molar-refractivity contribution is 8.15.